The highest BCUT2D eigenvalue weighted by atomic mass is 16.5. The zero-order valence-corrected chi connectivity index (χ0v) is 11.5. The van der Waals surface area contributed by atoms with Gasteiger partial charge in [0.05, 0.1) is 5.56 Å². The molecule has 0 unspecified atom stereocenters. The van der Waals surface area contributed by atoms with Gasteiger partial charge >= 0.3 is 0 Å². The van der Waals surface area contributed by atoms with Crippen molar-refractivity contribution in [3.8, 4) is 17.2 Å². The first-order chi connectivity index (χ1) is 10.2. The summed E-state index contributed by atoms with van der Waals surface area (Å²) in [5.74, 6) is 0.893. The molecule has 0 fully saturated rings. The maximum Gasteiger partial charge on any atom is 0.261 e. The van der Waals surface area contributed by atoms with Crippen molar-refractivity contribution in [3.63, 3.8) is 0 Å². The van der Waals surface area contributed by atoms with Crippen LogP contribution in [0.2, 0.25) is 0 Å². The molecule has 0 amide bonds. The van der Waals surface area contributed by atoms with Gasteiger partial charge in [-0.2, -0.15) is 4.98 Å². The Bertz CT molecular complexity index is 791. The van der Waals surface area contributed by atoms with Crippen LogP contribution >= 0.6 is 0 Å². The Kier molecular flexibility index (Phi) is 3.51. The number of hydrogen-bond acceptors (Lipinski definition) is 4. The highest BCUT2D eigenvalue weighted by Gasteiger charge is 2.10. The minimum atomic E-state index is 0.121. The summed E-state index contributed by atoms with van der Waals surface area (Å²) in [4.78, 5) is 4.26. The van der Waals surface area contributed by atoms with Gasteiger partial charge in [0.1, 0.15) is 5.75 Å². The fraction of sp³-hybridized carbons (Fsp3) is 0.0588. The number of phenols is 1. The minimum absolute atomic E-state index is 0.121. The van der Waals surface area contributed by atoms with Crippen LogP contribution in [0.1, 0.15) is 17.0 Å². The third kappa shape index (κ3) is 2.84. The Balaban J connectivity index is 1.86. The van der Waals surface area contributed by atoms with Crippen molar-refractivity contribution in [1.82, 2.24) is 10.1 Å². The molecule has 2 aromatic carbocycles. The number of para-hydroxylation sites is 1. The first kappa shape index (κ1) is 13.1. The number of aryl methyl sites for hydroxylation is 1. The molecule has 0 spiro atoms. The summed E-state index contributed by atoms with van der Waals surface area (Å²) < 4.78 is 5.18. The van der Waals surface area contributed by atoms with Gasteiger partial charge in [0.15, 0.2) is 5.82 Å². The highest BCUT2D eigenvalue weighted by molar-refractivity contribution is 5.69. The molecule has 0 saturated heterocycles. The second-order valence-electron chi connectivity index (χ2n) is 4.66. The minimum Gasteiger partial charge on any atom is -0.507 e. The summed E-state index contributed by atoms with van der Waals surface area (Å²) in [5, 5.41) is 13.7. The molecular weight excluding hydrogens is 264 g/mol. The Morgan fingerprint density at radius 1 is 1.00 bits per heavy atom. The summed E-state index contributed by atoms with van der Waals surface area (Å²) in [7, 11) is 0. The van der Waals surface area contributed by atoms with Crippen molar-refractivity contribution >= 4 is 12.2 Å². The number of hydrogen-bond donors (Lipinski definition) is 1. The van der Waals surface area contributed by atoms with Gasteiger partial charge in [-0.05, 0) is 36.3 Å². The van der Waals surface area contributed by atoms with E-state index in [1.165, 1.54) is 5.56 Å². The van der Waals surface area contributed by atoms with E-state index in [-0.39, 0.29) is 5.75 Å². The summed E-state index contributed by atoms with van der Waals surface area (Å²) >= 11 is 0. The lowest BCUT2D eigenvalue weighted by Crippen LogP contribution is -1.80. The van der Waals surface area contributed by atoms with E-state index in [9.17, 15) is 5.11 Å². The average Bonchev–Trinajstić information content (AvgIpc) is 2.96. The normalized spacial score (nSPS) is 11.1. The number of aromatic hydroxyl groups is 1. The third-order valence-electron chi connectivity index (χ3n) is 3.18. The molecule has 1 aromatic heterocycles. The monoisotopic (exact) mass is 278 g/mol. The first-order valence-electron chi connectivity index (χ1n) is 6.60. The fourth-order valence-electron chi connectivity index (χ4n) is 2.00. The van der Waals surface area contributed by atoms with E-state index < -0.39 is 0 Å². The molecule has 0 bridgehead atoms. The molecule has 0 atom stereocenters. The summed E-state index contributed by atoms with van der Waals surface area (Å²) in [6.07, 6.45) is 3.73. The molecule has 4 heteroatoms. The number of phenolic OH excluding ortho intramolecular Hbond substituents is 1. The van der Waals surface area contributed by atoms with Crippen LogP contribution in [0.3, 0.4) is 0 Å². The average molecular weight is 278 g/mol. The second-order valence-corrected chi connectivity index (χ2v) is 4.66. The molecule has 0 saturated carbocycles. The van der Waals surface area contributed by atoms with Crippen molar-refractivity contribution in [2.24, 2.45) is 0 Å². The van der Waals surface area contributed by atoms with Crippen molar-refractivity contribution in [2.75, 3.05) is 0 Å². The Labute approximate surface area is 122 Å². The summed E-state index contributed by atoms with van der Waals surface area (Å²) in [6.45, 7) is 2.04. The maximum atomic E-state index is 9.77. The van der Waals surface area contributed by atoms with E-state index in [2.05, 4.69) is 10.1 Å². The molecule has 0 aliphatic rings. The van der Waals surface area contributed by atoms with Crippen LogP contribution in [0.4, 0.5) is 0 Å². The predicted octanol–water partition coefficient (Wildman–Crippen LogP) is 3.92. The number of rotatable bonds is 3. The second kappa shape index (κ2) is 5.63. The van der Waals surface area contributed by atoms with Gasteiger partial charge in [0, 0.05) is 0 Å². The molecule has 0 aliphatic heterocycles. The largest absolute Gasteiger partial charge is 0.507 e. The zero-order valence-electron chi connectivity index (χ0n) is 11.5. The quantitative estimate of drug-likeness (QED) is 0.788. The maximum absolute atomic E-state index is 9.77. The van der Waals surface area contributed by atoms with E-state index in [0.29, 0.717) is 17.3 Å². The van der Waals surface area contributed by atoms with E-state index in [4.69, 9.17) is 4.52 Å². The van der Waals surface area contributed by atoms with Crippen LogP contribution < -0.4 is 0 Å². The molecule has 0 aliphatic carbocycles. The Morgan fingerprint density at radius 2 is 1.76 bits per heavy atom. The summed E-state index contributed by atoms with van der Waals surface area (Å²) in [5.41, 5.74) is 2.81. The lowest BCUT2D eigenvalue weighted by molar-refractivity contribution is 0.423. The van der Waals surface area contributed by atoms with Crippen molar-refractivity contribution < 1.29 is 9.63 Å². The molecule has 4 nitrogen and oxygen atoms in total. The topological polar surface area (TPSA) is 59.2 Å². The molecule has 3 rings (SSSR count). The van der Waals surface area contributed by atoms with Crippen molar-refractivity contribution in [1.29, 1.82) is 0 Å². The number of benzene rings is 2. The summed E-state index contributed by atoms with van der Waals surface area (Å²) in [6, 6.07) is 14.9. The first-order valence-corrected chi connectivity index (χ1v) is 6.60. The standard InChI is InChI=1S/C17H14N2O2/c1-12-6-2-3-7-13(12)10-11-16-18-17(21-19-16)14-8-4-5-9-15(14)20/h2-11,20H,1H3/b11-10+. The van der Waals surface area contributed by atoms with Gasteiger partial charge in [0.2, 0.25) is 0 Å². The SMILES string of the molecule is Cc1ccccc1/C=C/c1noc(-c2ccccc2O)n1. The van der Waals surface area contributed by atoms with Gasteiger partial charge in [-0.1, -0.05) is 47.6 Å². The molecular formula is C17H14N2O2. The van der Waals surface area contributed by atoms with Crippen LogP contribution in [0.5, 0.6) is 5.75 Å². The van der Waals surface area contributed by atoms with Crippen LogP contribution in [0.15, 0.2) is 53.1 Å². The highest BCUT2D eigenvalue weighted by Crippen LogP contribution is 2.27. The number of aromatic nitrogens is 2. The molecule has 1 N–H and O–H groups in total. The molecule has 0 radical (unpaired) electrons. The van der Waals surface area contributed by atoms with E-state index in [0.717, 1.165) is 5.56 Å². The fourth-order valence-corrected chi connectivity index (χ4v) is 2.00. The van der Waals surface area contributed by atoms with Crippen molar-refractivity contribution in [2.45, 2.75) is 6.92 Å². The van der Waals surface area contributed by atoms with Gasteiger partial charge in [-0.25, -0.2) is 0 Å². The molecule has 3 aromatic rings. The van der Waals surface area contributed by atoms with Crippen LogP contribution in [-0.2, 0) is 0 Å². The molecule has 104 valence electrons. The van der Waals surface area contributed by atoms with Gasteiger partial charge in [0.25, 0.3) is 5.89 Å². The predicted molar refractivity (Wildman–Crippen MR) is 81.5 cm³/mol. The molecule has 21 heavy (non-hydrogen) atoms. The van der Waals surface area contributed by atoms with Crippen molar-refractivity contribution in [3.05, 3.63) is 65.5 Å². The van der Waals surface area contributed by atoms with Crippen LogP contribution in [0, 0.1) is 6.92 Å². The smallest absolute Gasteiger partial charge is 0.261 e. The van der Waals surface area contributed by atoms with Crippen LogP contribution in [-0.4, -0.2) is 15.2 Å². The Morgan fingerprint density at radius 3 is 2.57 bits per heavy atom. The zero-order chi connectivity index (χ0) is 14.7. The van der Waals surface area contributed by atoms with E-state index >= 15 is 0 Å². The third-order valence-corrected chi connectivity index (χ3v) is 3.18. The van der Waals surface area contributed by atoms with Gasteiger partial charge < -0.3 is 9.63 Å². The van der Waals surface area contributed by atoms with E-state index in [1.54, 1.807) is 24.3 Å². The Hall–Kier alpha value is -2.88. The molecule has 1 heterocycles. The van der Waals surface area contributed by atoms with E-state index in [1.807, 2.05) is 43.3 Å². The van der Waals surface area contributed by atoms with Crippen LogP contribution in [0.25, 0.3) is 23.6 Å². The lowest BCUT2D eigenvalue weighted by atomic mass is 10.1. The van der Waals surface area contributed by atoms with Gasteiger partial charge in [-0.15, -0.1) is 0 Å². The lowest BCUT2D eigenvalue weighted by Gasteiger charge is -1.97. The number of nitrogens with zero attached hydrogens (tertiary/aromatic N) is 2. The van der Waals surface area contributed by atoms with Gasteiger partial charge in [-0.3, -0.25) is 0 Å².